The zero-order chi connectivity index (χ0) is 11.8. The molecular formula is C11H18N4O. The third kappa shape index (κ3) is 2.15. The first-order valence-corrected chi connectivity index (χ1v) is 5.40. The van der Waals surface area contributed by atoms with Gasteiger partial charge in [0.05, 0.1) is 12.3 Å². The Labute approximate surface area is 95.4 Å². The van der Waals surface area contributed by atoms with Gasteiger partial charge in [0, 0.05) is 19.1 Å². The van der Waals surface area contributed by atoms with E-state index in [1.807, 2.05) is 6.07 Å². The minimum Gasteiger partial charge on any atom is -0.378 e. The van der Waals surface area contributed by atoms with E-state index >= 15 is 0 Å². The fourth-order valence-corrected chi connectivity index (χ4v) is 1.88. The van der Waals surface area contributed by atoms with E-state index < -0.39 is 0 Å². The highest BCUT2D eigenvalue weighted by atomic mass is 16.5. The summed E-state index contributed by atoms with van der Waals surface area (Å²) in [6, 6.07) is 1.81. The molecule has 2 rings (SSSR count). The molecule has 1 aromatic rings. The molecule has 88 valence electrons. The van der Waals surface area contributed by atoms with Gasteiger partial charge >= 0.3 is 0 Å². The van der Waals surface area contributed by atoms with Crippen LogP contribution in [0.4, 0.5) is 5.82 Å². The molecule has 0 aliphatic heterocycles. The second kappa shape index (κ2) is 3.99. The highest BCUT2D eigenvalue weighted by molar-refractivity contribution is 5.36. The maximum Gasteiger partial charge on any atom is 0.144 e. The molecule has 3 N–H and O–H groups in total. The molecule has 1 aromatic heterocycles. The average Bonchev–Trinajstić information content (AvgIpc) is 2.88. The van der Waals surface area contributed by atoms with Gasteiger partial charge in [-0.25, -0.2) is 15.8 Å². The van der Waals surface area contributed by atoms with Crippen molar-refractivity contribution in [3.05, 3.63) is 17.6 Å². The number of nitrogens with two attached hydrogens (primary N) is 1. The van der Waals surface area contributed by atoms with Crippen LogP contribution in [0.3, 0.4) is 0 Å². The lowest BCUT2D eigenvalue weighted by molar-refractivity contribution is 0.181. The molecule has 1 aliphatic rings. The van der Waals surface area contributed by atoms with Crippen molar-refractivity contribution in [2.45, 2.75) is 32.8 Å². The molecular weight excluding hydrogens is 204 g/mol. The quantitative estimate of drug-likeness (QED) is 0.595. The number of nitrogens with zero attached hydrogens (tertiary/aromatic N) is 2. The lowest BCUT2D eigenvalue weighted by Crippen LogP contribution is -2.12. The zero-order valence-corrected chi connectivity index (χ0v) is 9.95. The second-order valence-electron chi connectivity index (χ2n) is 4.93. The molecule has 0 amide bonds. The van der Waals surface area contributed by atoms with Gasteiger partial charge in [0.25, 0.3) is 0 Å². The van der Waals surface area contributed by atoms with Gasteiger partial charge in [-0.15, -0.1) is 0 Å². The first kappa shape index (κ1) is 11.3. The lowest BCUT2D eigenvalue weighted by Gasteiger charge is -2.08. The van der Waals surface area contributed by atoms with E-state index in [-0.39, 0.29) is 0 Å². The number of anilines is 1. The molecule has 0 bridgehead atoms. The standard InChI is InChI=1S/C11H18N4O/c1-11(2)5-8(11)10-13-7(6-16-3)4-9(14-10)15-12/h4,8H,5-6,12H2,1-3H3,(H,13,14,15). The molecule has 5 heteroatoms. The summed E-state index contributed by atoms with van der Waals surface area (Å²) in [5.74, 6) is 7.35. The summed E-state index contributed by atoms with van der Waals surface area (Å²) in [6.07, 6.45) is 1.13. The third-order valence-electron chi connectivity index (χ3n) is 3.06. The first-order chi connectivity index (χ1) is 7.56. The molecule has 0 aromatic carbocycles. The minimum absolute atomic E-state index is 0.317. The number of methoxy groups -OCH3 is 1. The van der Waals surface area contributed by atoms with Crippen molar-refractivity contribution in [3.8, 4) is 0 Å². The third-order valence-corrected chi connectivity index (χ3v) is 3.06. The Morgan fingerprint density at radius 2 is 2.25 bits per heavy atom. The molecule has 5 nitrogen and oxygen atoms in total. The van der Waals surface area contributed by atoms with Crippen LogP contribution in [0.25, 0.3) is 0 Å². The fraction of sp³-hybridized carbons (Fsp3) is 0.636. The SMILES string of the molecule is COCc1cc(NN)nc(C2CC2(C)C)n1. The maximum absolute atomic E-state index is 5.39. The van der Waals surface area contributed by atoms with E-state index in [0.29, 0.717) is 23.8 Å². The molecule has 1 saturated carbocycles. The van der Waals surface area contributed by atoms with Crippen molar-refractivity contribution in [2.24, 2.45) is 11.3 Å². The highest BCUT2D eigenvalue weighted by Crippen LogP contribution is 2.57. The summed E-state index contributed by atoms with van der Waals surface area (Å²) in [5.41, 5.74) is 3.75. The Morgan fingerprint density at radius 1 is 1.56 bits per heavy atom. The van der Waals surface area contributed by atoms with E-state index in [0.717, 1.165) is 17.9 Å². The van der Waals surface area contributed by atoms with Crippen LogP contribution in [0, 0.1) is 5.41 Å². The van der Waals surface area contributed by atoms with Crippen LogP contribution >= 0.6 is 0 Å². The van der Waals surface area contributed by atoms with Crippen LogP contribution in [-0.2, 0) is 11.3 Å². The molecule has 1 heterocycles. The first-order valence-electron chi connectivity index (χ1n) is 5.40. The van der Waals surface area contributed by atoms with Crippen LogP contribution in [0.5, 0.6) is 0 Å². The van der Waals surface area contributed by atoms with Gasteiger partial charge in [-0.1, -0.05) is 13.8 Å². The average molecular weight is 222 g/mol. The summed E-state index contributed by atoms with van der Waals surface area (Å²) >= 11 is 0. The number of nitrogens with one attached hydrogen (secondary N) is 1. The van der Waals surface area contributed by atoms with Crippen LogP contribution in [0.1, 0.15) is 37.7 Å². The Hall–Kier alpha value is -1.20. The highest BCUT2D eigenvalue weighted by Gasteiger charge is 2.48. The van der Waals surface area contributed by atoms with Crippen molar-refractivity contribution in [1.29, 1.82) is 0 Å². The van der Waals surface area contributed by atoms with Gasteiger partial charge in [-0.2, -0.15) is 0 Å². The second-order valence-corrected chi connectivity index (χ2v) is 4.93. The Kier molecular flexibility index (Phi) is 2.82. The van der Waals surface area contributed by atoms with Crippen molar-refractivity contribution < 1.29 is 4.74 Å². The van der Waals surface area contributed by atoms with Crippen molar-refractivity contribution in [2.75, 3.05) is 12.5 Å². The molecule has 0 saturated heterocycles. The summed E-state index contributed by atoms with van der Waals surface area (Å²) < 4.78 is 5.08. The van der Waals surface area contributed by atoms with Crippen molar-refractivity contribution in [1.82, 2.24) is 9.97 Å². The van der Waals surface area contributed by atoms with E-state index in [1.165, 1.54) is 0 Å². The van der Waals surface area contributed by atoms with E-state index in [2.05, 4.69) is 29.2 Å². The molecule has 1 atom stereocenters. The molecule has 1 aliphatic carbocycles. The smallest absolute Gasteiger partial charge is 0.144 e. The summed E-state index contributed by atoms with van der Waals surface area (Å²) in [5, 5.41) is 0. The molecule has 1 fully saturated rings. The van der Waals surface area contributed by atoms with Crippen LogP contribution < -0.4 is 11.3 Å². The number of hydrogen-bond donors (Lipinski definition) is 2. The fourth-order valence-electron chi connectivity index (χ4n) is 1.88. The summed E-state index contributed by atoms with van der Waals surface area (Å²) in [4.78, 5) is 8.89. The molecule has 1 unspecified atom stereocenters. The number of ether oxygens (including phenoxy) is 1. The van der Waals surface area contributed by atoms with Gasteiger partial charge in [0.1, 0.15) is 11.6 Å². The number of hydrazine groups is 1. The van der Waals surface area contributed by atoms with Crippen LogP contribution in [0.2, 0.25) is 0 Å². The normalized spacial score (nSPS) is 21.9. The topological polar surface area (TPSA) is 73.1 Å². The zero-order valence-electron chi connectivity index (χ0n) is 9.95. The predicted molar refractivity (Wildman–Crippen MR) is 61.7 cm³/mol. The van der Waals surface area contributed by atoms with Crippen molar-refractivity contribution in [3.63, 3.8) is 0 Å². The van der Waals surface area contributed by atoms with Crippen LogP contribution in [-0.4, -0.2) is 17.1 Å². The van der Waals surface area contributed by atoms with Gasteiger partial charge < -0.3 is 10.2 Å². The Morgan fingerprint density at radius 3 is 2.75 bits per heavy atom. The molecule has 0 radical (unpaired) electrons. The Balaban J connectivity index is 2.27. The largest absolute Gasteiger partial charge is 0.378 e. The van der Waals surface area contributed by atoms with E-state index in [4.69, 9.17) is 10.6 Å². The van der Waals surface area contributed by atoms with Gasteiger partial charge in [-0.3, -0.25) is 0 Å². The number of rotatable bonds is 4. The minimum atomic E-state index is 0.317. The van der Waals surface area contributed by atoms with Crippen LogP contribution in [0.15, 0.2) is 6.07 Å². The van der Waals surface area contributed by atoms with E-state index in [1.54, 1.807) is 7.11 Å². The van der Waals surface area contributed by atoms with Gasteiger partial charge in [0.2, 0.25) is 0 Å². The number of hydrogen-bond acceptors (Lipinski definition) is 5. The molecule has 0 spiro atoms. The maximum atomic E-state index is 5.39. The molecule has 16 heavy (non-hydrogen) atoms. The predicted octanol–water partition coefficient (Wildman–Crippen LogP) is 1.42. The summed E-state index contributed by atoms with van der Waals surface area (Å²) in [6.45, 7) is 4.93. The number of aromatic nitrogens is 2. The number of nitrogen functional groups attached to an aromatic ring is 1. The summed E-state index contributed by atoms with van der Waals surface area (Å²) in [7, 11) is 1.65. The Bertz CT molecular complexity index is 392. The van der Waals surface area contributed by atoms with Gasteiger partial charge in [-0.05, 0) is 11.8 Å². The monoisotopic (exact) mass is 222 g/mol. The lowest BCUT2D eigenvalue weighted by atomic mass is 10.1. The van der Waals surface area contributed by atoms with Gasteiger partial charge in [0.15, 0.2) is 0 Å². The van der Waals surface area contributed by atoms with E-state index in [9.17, 15) is 0 Å². The van der Waals surface area contributed by atoms with Crippen molar-refractivity contribution >= 4 is 5.82 Å².